The number of thiophene rings is 1. The summed E-state index contributed by atoms with van der Waals surface area (Å²) in [7, 11) is 0. The first-order valence-corrected chi connectivity index (χ1v) is 7.27. The van der Waals surface area contributed by atoms with E-state index in [9.17, 15) is 0 Å². The quantitative estimate of drug-likeness (QED) is 0.802. The molecular weight excluding hydrogens is 296 g/mol. The van der Waals surface area contributed by atoms with Gasteiger partial charge in [0.05, 0.1) is 9.90 Å². The lowest BCUT2D eigenvalue weighted by atomic mass is 10.4. The summed E-state index contributed by atoms with van der Waals surface area (Å²) >= 11 is 7.64. The molecule has 0 bridgehead atoms. The molecule has 0 aromatic carbocycles. The van der Waals surface area contributed by atoms with Crippen LogP contribution in [-0.4, -0.2) is 31.3 Å². The largest absolute Gasteiger partial charge is 0.354 e. The lowest BCUT2D eigenvalue weighted by Gasteiger charge is -2.07. The predicted molar refractivity (Wildman–Crippen MR) is 79.4 cm³/mol. The Morgan fingerprint density at radius 3 is 2.90 bits per heavy atom. The van der Waals surface area contributed by atoms with Crippen molar-refractivity contribution in [3.63, 3.8) is 0 Å². The molecule has 3 aromatic rings. The van der Waals surface area contributed by atoms with Crippen LogP contribution in [0.3, 0.4) is 0 Å². The third-order valence-electron chi connectivity index (χ3n) is 2.49. The van der Waals surface area contributed by atoms with E-state index in [4.69, 9.17) is 11.6 Å². The van der Waals surface area contributed by atoms with Gasteiger partial charge in [0.1, 0.15) is 0 Å². The predicted octanol–water partition coefficient (Wildman–Crippen LogP) is 2.87. The molecule has 0 saturated heterocycles. The topological polar surface area (TPSA) is 68.5 Å². The van der Waals surface area contributed by atoms with Crippen LogP contribution in [0.2, 0.25) is 5.02 Å². The summed E-state index contributed by atoms with van der Waals surface area (Å²) in [5, 5.41) is 9.77. The number of rotatable bonds is 4. The van der Waals surface area contributed by atoms with Crippen LogP contribution in [0, 0.1) is 0 Å². The highest BCUT2D eigenvalue weighted by molar-refractivity contribution is 7.14. The van der Waals surface area contributed by atoms with Gasteiger partial charge in [-0.05, 0) is 24.4 Å². The Balaban J connectivity index is 2.12. The SMILES string of the molecule is CCNc1nc(-c2sccc2Cl)nc(-n2cccn2)n1. The molecular formula is C12H11ClN6S. The molecule has 0 spiro atoms. The molecule has 0 aliphatic carbocycles. The molecule has 102 valence electrons. The van der Waals surface area contributed by atoms with E-state index in [1.807, 2.05) is 24.4 Å². The van der Waals surface area contributed by atoms with Gasteiger partial charge in [-0.1, -0.05) is 11.6 Å². The Kier molecular flexibility index (Phi) is 3.62. The molecule has 3 heterocycles. The Hall–Kier alpha value is -1.99. The second-order valence-electron chi connectivity index (χ2n) is 3.86. The third kappa shape index (κ3) is 2.50. The number of anilines is 1. The minimum absolute atomic E-state index is 0.459. The summed E-state index contributed by atoms with van der Waals surface area (Å²) in [5.41, 5.74) is 0. The van der Waals surface area contributed by atoms with Crippen LogP contribution in [0.15, 0.2) is 29.9 Å². The molecule has 0 aliphatic rings. The molecule has 8 heteroatoms. The smallest absolute Gasteiger partial charge is 0.255 e. The van der Waals surface area contributed by atoms with Crippen LogP contribution in [-0.2, 0) is 0 Å². The van der Waals surface area contributed by atoms with E-state index in [-0.39, 0.29) is 0 Å². The Bertz CT molecular complexity index is 709. The summed E-state index contributed by atoms with van der Waals surface area (Å²) < 4.78 is 1.59. The van der Waals surface area contributed by atoms with Crippen LogP contribution in [0.4, 0.5) is 5.95 Å². The molecule has 0 saturated carbocycles. The zero-order valence-corrected chi connectivity index (χ0v) is 12.2. The zero-order valence-electron chi connectivity index (χ0n) is 10.6. The molecule has 20 heavy (non-hydrogen) atoms. The van der Waals surface area contributed by atoms with Crippen molar-refractivity contribution in [2.75, 3.05) is 11.9 Å². The first-order valence-electron chi connectivity index (χ1n) is 6.01. The van der Waals surface area contributed by atoms with Crippen molar-refractivity contribution in [1.29, 1.82) is 0 Å². The maximum atomic E-state index is 6.15. The number of hydrogen-bond acceptors (Lipinski definition) is 6. The van der Waals surface area contributed by atoms with Gasteiger partial charge < -0.3 is 5.32 Å². The normalized spacial score (nSPS) is 10.7. The molecule has 0 atom stereocenters. The maximum Gasteiger partial charge on any atom is 0.255 e. The maximum absolute atomic E-state index is 6.15. The van der Waals surface area contributed by atoms with Gasteiger partial charge in [0.2, 0.25) is 5.95 Å². The van der Waals surface area contributed by atoms with Gasteiger partial charge in [0, 0.05) is 18.9 Å². The van der Waals surface area contributed by atoms with Crippen molar-refractivity contribution in [1.82, 2.24) is 24.7 Å². The molecule has 0 radical (unpaired) electrons. The van der Waals surface area contributed by atoms with Crippen LogP contribution in [0.1, 0.15) is 6.92 Å². The van der Waals surface area contributed by atoms with E-state index in [1.54, 1.807) is 17.1 Å². The fraction of sp³-hybridized carbons (Fsp3) is 0.167. The molecule has 3 aromatic heterocycles. The molecule has 3 rings (SSSR count). The van der Waals surface area contributed by atoms with Gasteiger partial charge in [0.25, 0.3) is 5.95 Å². The van der Waals surface area contributed by atoms with Crippen molar-refractivity contribution in [2.24, 2.45) is 0 Å². The van der Waals surface area contributed by atoms with Gasteiger partial charge in [-0.15, -0.1) is 11.3 Å². The summed E-state index contributed by atoms with van der Waals surface area (Å²) in [6.45, 7) is 2.70. The van der Waals surface area contributed by atoms with E-state index in [2.05, 4.69) is 25.4 Å². The molecule has 1 N–H and O–H groups in total. The summed E-state index contributed by atoms with van der Waals surface area (Å²) in [6.07, 6.45) is 3.46. The highest BCUT2D eigenvalue weighted by Gasteiger charge is 2.13. The molecule has 0 aliphatic heterocycles. The first-order chi connectivity index (χ1) is 9.78. The summed E-state index contributed by atoms with van der Waals surface area (Å²) in [4.78, 5) is 14.0. The van der Waals surface area contributed by atoms with E-state index in [0.717, 1.165) is 11.4 Å². The highest BCUT2D eigenvalue weighted by atomic mass is 35.5. The Morgan fingerprint density at radius 1 is 1.35 bits per heavy atom. The van der Waals surface area contributed by atoms with Crippen molar-refractivity contribution in [3.05, 3.63) is 34.9 Å². The standard InChI is InChI=1S/C12H11ClN6S/c1-2-14-11-16-10(9-8(13)4-7-20-9)17-12(18-11)19-6-3-5-15-19/h3-7H,2H2,1H3,(H,14,16,17,18). The zero-order chi connectivity index (χ0) is 13.9. The van der Waals surface area contributed by atoms with Crippen molar-refractivity contribution in [3.8, 4) is 16.6 Å². The number of nitrogens with one attached hydrogen (secondary N) is 1. The van der Waals surface area contributed by atoms with Crippen molar-refractivity contribution >= 4 is 28.9 Å². The van der Waals surface area contributed by atoms with E-state index >= 15 is 0 Å². The molecule has 6 nitrogen and oxygen atoms in total. The van der Waals surface area contributed by atoms with Crippen LogP contribution >= 0.6 is 22.9 Å². The van der Waals surface area contributed by atoms with Crippen LogP contribution in [0.25, 0.3) is 16.6 Å². The number of aromatic nitrogens is 5. The number of nitrogens with zero attached hydrogens (tertiary/aromatic N) is 5. The average Bonchev–Trinajstić information content (AvgIpc) is 3.09. The lowest BCUT2D eigenvalue weighted by Crippen LogP contribution is -2.09. The van der Waals surface area contributed by atoms with Gasteiger partial charge in [-0.25, -0.2) is 4.68 Å². The fourth-order valence-corrected chi connectivity index (χ4v) is 2.72. The highest BCUT2D eigenvalue weighted by Crippen LogP contribution is 2.31. The third-order valence-corrected chi connectivity index (χ3v) is 3.83. The van der Waals surface area contributed by atoms with Gasteiger partial charge >= 0.3 is 0 Å². The van der Waals surface area contributed by atoms with Gasteiger partial charge in [-0.3, -0.25) is 0 Å². The van der Waals surface area contributed by atoms with Crippen molar-refractivity contribution in [2.45, 2.75) is 6.92 Å². The average molecular weight is 307 g/mol. The van der Waals surface area contributed by atoms with Crippen LogP contribution < -0.4 is 5.32 Å². The Labute approximate surface area is 124 Å². The minimum Gasteiger partial charge on any atom is -0.354 e. The number of halogens is 1. The molecule has 0 amide bonds. The fourth-order valence-electron chi connectivity index (χ4n) is 1.65. The monoisotopic (exact) mass is 306 g/mol. The number of hydrogen-bond donors (Lipinski definition) is 1. The molecule has 0 fully saturated rings. The summed E-state index contributed by atoms with van der Waals surface area (Å²) in [6, 6.07) is 3.64. The van der Waals surface area contributed by atoms with E-state index in [0.29, 0.717) is 22.7 Å². The van der Waals surface area contributed by atoms with E-state index in [1.165, 1.54) is 11.3 Å². The van der Waals surface area contributed by atoms with Gasteiger partial charge in [-0.2, -0.15) is 20.1 Å². The lowest BCUT2D eigenvalue weighted by molar-refractivity contribution is 0.799. The second kappa shape index (κ2) is 5.56. The first kappa shape index (κ1) is 13.0. The minimum atomic E-state index is 0.459. The second-order valence-corrected chi connectivity index (χ2v) is 5.18. The Morgan fingerprint density at radius 2 is 2.25 bits per heavy atom. The van der Waals surface area contributed by atoms with E-state index < -0.39 is 0 Å². The van der Waals surface area contributed by atoms with Crippen LogP contribution in [0.5, 0.6) is 0 Å². The van der Waals surface area contributed by atoms with Crippen molar-refractivity contribution < 1.29 is 0 Å². The molecule has 0 unspecified atom stereocenters. The summed E-state index contributed by atoms with van der Waals surface area (Å²) in [5.74, 6) is 1.51. The van der Waals surface area contributed by atoms with Gasteiger partial charge in [0.15, 0.2) is 5.82 Å².